The van der Waals surface area contributed by atoms with Crippen LogP contribution >= 0.6 is 11.8 Å². The molecule has 0 aliphatic rings. The molecule has 0 saturated carbocycles. The third-order valence-corrected chi connectivity index (χ3v) is 3.59. The van der Waals surface area contributed by atoms with Crippen molar-refractivity contribution < 1.29 is 13.9 Å². The fourth-order valence-electron chi connectivity index (χ4n) is 1.81. The van der Waals surface area contributed by atoms with E-state index >= 15 is 0 Å². The SMILES string of the molecule is CCOC(=O)CSc1nc(C)cc(-c2ccco2)c1C#N. The van der Waals surface area contributed by atoms with Crippen LogP contribution in [-0.2, 0) is 9.53 Å². The lowest BCUT2D eigenvalue weighted by Crippen LogP contribution is -2.07. The first kappa shape index (κ1) is 15.1. The lowest BCUT2D eigenvalue weighted by molar-refractivity contribution is -0.139. The number of esters is 1. The molecule has 0 aliphatic heterocycles. The summed E-state index contributed by atoms with van der Waals surface area (Å²) in [6.45, 7) is 3.93. The number of aryl methyl sites for hydroxylation is 1. The summed E-state index contributed by atoms with van der Waals surface area (Å²) >= 11 is 1.20. The van der Waals surface area contributed by atoms with Crippen LogP contribution in [0.3, 0.4) is 0 Å². The van der Waals surface area contributed by atoms with E-state index in [4.69, 9.17) is 9.15 Å². The molecule has 0 N–H and O–H groups in total. The average Bonchev–Trinajstić information content (AvgIpc) is 2.99. The second-order valence-corrected chi connectivity index (χ2v) is 5.14. The predicted molar refractivity (Wildman–Crippen MR) is 78.7 cm³/mol. The van der Waals surface area contributed by atoms with Crippen molar-refractivity contribution in [3.8, 4) is 17.4 Å². The molecule has 6 heteroatoms. The number of hydrogen-bond donors (Lipinski definition) is 0. The van der Waals surface area contributed by atoms with Crippen molar-refractivity contribution in [2.45, 2.75) is 18.9 Å². The van der Waals surface area contributed by atoms with Gasteiger partial charge in [-0.1, -0.05) is 11.8 Å². The van der Waals surface area contributed by atoms with E-state index in [1.807, 2.05) is 6.92 Å². The normalized spacial score (nSPS) is 10.1. The minimum absolute atomic E-state index is 0.122. The van der Waals surface area contributed by atoms with Gasteiger partial charge in [-0.2, -0.15) is 5.26 Å². The number of carbonyl (C=O) groups is 1. The number of thioether (sulfide) groups is 1. The highest BCUT2D eigenvalue weighted by molar-refractivity contribution is 7.99. The van der Waals surface area contributed by atoms with Crippen molar-refractivity contribution in [2.75, 3.05) is 12.4 Å². The Morgan fingerprint density at radius 3 is 3.00 bits per heavy atom. The zero-order chi connectivity index (χ0) is 15.2. The average molecular weight is 302 g/mol. The van der Waals surface area contributed by atoms with Crippen LogP contribution in [0.2, 0.25) is 0 Å². The van der Waals surface area contributed by atoms with Gasteiger partial charge in [0.05, 0.1) is 24.2 Å². The largest absolute Gasteiger partial charge is 0.465 e. The maximum absolute atomic E-state index is 11.4. The van der Waals surface area contributed by atoms with Gasteiger partial charge in [0.25, 0.3) is 0 Å². The van der Waals surface area contributed by atoms with Gasteiger partial charge in [0.2, 0.25) is 0 Å². The first-order valence-corrected chi connectivity index (χ1v) is 7.38. The molecule has 108 valence electrons. The number of rotatable bonds is 5. The third kappa shape index (κ3) is 3.64. The molecule has 5 nitrogen and oxygen atoms in total. The molecule has 0 aromatic carbocycles. The Bertz CT molecular complexity index is 675. The highest BCUT2D eigenvalue weighted by atomic mass is 32.2. The Balaban J connectivity index is 2.33. The van der Waals surface area contributed by atoms with Crippen LogP contribution in [0.15, 0.2) is 33.9 Å². The molecule has 2 aromatic heterocycles. The van der Waals surface area contributed by atoms with Gasteiger partial charge in [0.15, 0.2) is 0 Å². The fraction of sp³-hybridized carbons (Fsp3) is 0.267. The topological polar surface area (TPSA) is 76.1 Å². The van der Waals surface area contributed by atoms with Crippen molar-refractivity contribution in [1.29, 1.82) is 5.26 Å². The number of pyridine rings is 1. The summed E-state index contributed by atoms with van der Waals surface area (Å²) in [7, 11) is 0. The molecule has 0 aliphatic carbocycles. The molecular weight excluding hydrogens is 288 g/mol. The van der Waals surface area contributed by atoms with Gasteiger partial charge < -0.3 is 9.15 Å². The molecule has 0 fully saturated rings. The Morgan fingerprint density at radius 1 is 1.57 bits per heavy atom. The van der Waals surface area contributed by atoms with E-state index in [0.29, 0.717) is 28.5 Å². The van der Waals surface area contributed by atoms with Crippen molar-refractivity contribution in [2.24, 2.45) is 0 Å². The molecule has 0 atom stereocenters. The van der Waals surface area contributed by atoms with E-state index < -0.39 is 0 Å². The van der Waals surface area contributed by atoms with Crippen molar-refractivity contribution in [3.05, 3.63) is 35.7 Å². The van der Waals surface area contributed by atoms with Gasteiger partial charge in [-0.05, 0) is 32.0 Å². The Morgan fingerprint density at radius 2 is 2.38 bits per heavy atom. The first-order chi connectivity index (χ1) is 10.2. The van der Waals surface area contributed by atoms with E-state index in [1.54, 1.807) is 31.4 Å². The van der Waals surface area contributed by atoms with Crippen LogP contribution < -0.4 is 0 Å². The Kier molecular flexibility index (Phi) is 5.01. The maximum Gasteiger partial charge on any atom is 0.316 e. The predicted octanol–water partition coefficient (Wildman–Crippen LogP) is 3.18. The van der Waals surface area contributed by atoms with Crippen LogP contribution in [0.5, 0.6) is 0 Å². The molecule has 2 heterocycles. The molecule has 0 unspecified atom stereocenters. The summed E-state index contributed by atoms with van der Waals surface area (Å²) in [5.41, 5.74) is 1.85. The third-order valence-electron chi connectivity index (χ3n) is 2.64. The molecule has 0 spiro atoms. The van der Waals surface area contributed by atoms with Crippen LogP contribution in [0.4, 0.5) is 0 Å². The smallest absolute Gasteiger partial charge is 0.316 e. The summed E-state index contributed by atoms with van der Waals surface area (Å²) in [4.78, 5) is 15.8. The summed E-state index contributed by atoms with van der Waals surface area (Å²) in [6, 6.07) is 7.49. The van der Waals surface area contributed by atoms with E-state index in [2.05, 4.69) is 11.1 Å². The van der Waals surface area contributed by atoms with Gasteiger partial charge in [0, 0.05) is 11.3 Å². The molecule has 0 amide bonds. The summed E-state index contributed by atoms with van der Waals surface area (Å²) in [5.74, 6) is 0.403. The lowest BCUT2D eigenvalue weighted by Gasteiger charge is -2.08. The number of aromatic nitrogens is 1. The molecule has 2 aromatic rings. The number of ether oxygens (including phenoxy) is 1. The summed E-state index contributed by atoms with van der Waals surface area (Å²) in [5, 5.41) is 9.91. The quantitative estimate of drug-likeness (QED) is 0.623. The lowest BCUT2D eigenvalue weighted by atomic mass is 10.1. The molecule has 0 bridgehead atoms. The number of furan rings is 1. The summed E-state index contributed by atoms with van der Waals surface area (Å²) in [6.07, 6.45) is 1.55. The molecular formula is C15H14N2O3S. The monoisotopic (exact) mass is 302 g/mol. The van der Waals surface area contributed by atoms with Gasteiger partial charge in [-0.25, -0.2) is 4.98 Å². The van der Waals surface area contributed by atoms with E-state index in [1.165, 1.54) is 11.8 Å². The molecule has 2 rings (SSSR count). The van der Waals surface area contributed by atoms with E-state index in [-0.39, 0.29) is 11.7 Å². The minimum atomic E-state index is -0.325. The van der Waals surface area contributed by atoms with Gasteiger partial charge in [-0.3, -0.25) is 4.79 Å². The Labute approximate surface area is 126 Å². The molecule has 0 saturated heterocycles. The number of nitriles is 1. The van der Waals surface area contributed by atoms with Crippen LogP contribution in [0, 0.1) is 18.3 Å². The maximum atomic E-state index is 11.4. The molecule has 0 radical (unpaired) electrons. The van der Waals surface area contributed by atoms with E-state index in [9.17, 15) is 10.1 Å². The van der Waals surface area contributed by atoms with Crippen LogP contribution in [-0.4, -0.2) is 23.3 Å². The highest BCUT2D eigenvalue weighted by Crippen LogP contribution is 2.31. The summed E-state index contributed by atoms with van der Waals surface area (Å²) < 4.78 is 10.2. The number of nitrogens with zero attached hydrogens (tertiary/aromatic N) is 2. The highest BCUT2D eigenvalue weighted by Gasteiger charge is 2.16. The van der Waals surface area contributed by atoms with Gasteiger partial charge in [0.1, 0.15) is 16.9 Å². The zero-order valence-electron chi connectivity index (χ0n) is 11.8. The second-order valence-electron chi connectivity index (χ2n) is 4.17. The standard InChI is InChI=1S/C15H14N2O3S/c1-3-19-14(18)9-21-15-12(8-16)11(7-10(2)17-15)13-5-4-6-20-13/h4-7H,3,9H2,1-2H3. The van der Waals surface area contributed by atoms with Crippen molar-refractivity contribution in [3.63, 3.8) is 0 Å². The fourth-order valence-corrected chi connectivity index (χ4v) is 2.66. The van der Waals surface area contributed by atoms with Crippen LogP contribution in [0.25, 0.3) is 11.3 Å². The first-order valence-electron chi connectivity index (χ1n) is 6.39. The zero-order valence-corrected chi connectivity index (χ0v) is 12.6. The van der Waals surface area contributed by atoms with Crippen molar-refractivity contribution in [1.82, 2.24) is 4.98 Å². The second kappa shape index (κ2) is 6.95. The van der Waals surface area contributed by atoms with Gasteiger partial charge >= 0.3 is 5.97 Å². The van der Waals surface area contributed by atoms with E-state index in [0.717, 1.165) is 5.69 Å². The molecule has 21 heavy (non-hydrogen) atoms. The van der Waals surface area contributed by atoms with Gasteiger partial charge in [-0.15, -0.1) is 0 Å². The van der Waals surface area contributed by atoms with Crippen molar-refractivity contribution >= 4 is 17.7 Å². The minimum Gasteiger partial charge on any atom is -0.465 e. The Hall–Kier alpha value is -2.26. The van der Waals surface area contributed by atoms with Crippen LogP contribution in [0.1, 0.15) is 18.2 Å². The number of carbonyl (C=O) groups excluding carboxylic acids is 1. The number of hydrogen-bond acceptors (Lipinski definition) is 6.